The van der Waals surface area contributed by atoms with Crippen LogP contribution in [0.25, 0.3) is 0 Å². The number of carbonyl (C=O) groups is 2. The number of likely N-dealkylation sites (tertiary alicyclic amines) is 1. The summed E-state index contributed by atoms with van der Waals surface area (Å²) in [5, 5.41) is 0. The molecule has 0 unspecified atom stereocenters. The molecule has 27 heavy (non-hydrogen) atoms. The lowest BCUT2D eigenvalue weighted by Crippen LogP contribution is -2.53. The van der Waals surface area contributed by atoms with Gasteiger partial charge < -0.3 is 14.5 Å². The van der Waals surface area contributed by atoms with Crippen molar-refractivity contribution in [2.45, 2.75) is 30.3 Å². The second kappa shape index (κ2) is 7.27. The topological polar surface area (TPSA) is 49.9 Å². The normalized spacial score (nSPS) is 21.0. The van der Waals surface area contributed by atoms with Crippen molar-refractivity contribution >= 4 is 29.3 Å². The van der Waals surface area contributed by atoms with Crippen molar-refractivity contribution < 1.29 is 14.3 Å². The molecule has 0 aromatic heterocycles. The Hall–Kier alpha value is -2.47. The van der Waals surface area contributed by atoms with Gasteiger partial charge in [0.2, 0.25) is 5.91 Å². The maximum atomic E-state index is 12.9. The summed E-state index contributed by atoms with van der Waals surface area (Å²) in [6, 6.07) is 15.2. The van der Waals surface area contributed by atoms with Gasteiger partial charge in [-0.25, -0.2) is 0 Å². The zero-order valence-electron chi connectivity index (χ0n) is 15.4. The summed E-state index contributed by atoms with van der Waals surface area (Å²) in [5.41, 5.74) is 2.09. The van der Waals surface area contributed by atoms with Gasteiger partial charge in [-0.15, -0.1) is 11.8 Å². The van der Waals surface area contributed by atoms with Crippen LogP contribution in [0, 0.1) is 6.92 Å². The molecule has 0 saturated carbocycles. The molecule has 2 aromatic rings. The highest BCUT2D eigenvalue weighted by molar-refractivity contribution is 7.98. The van der Waals surface area contributed by atoms with Gasteiger partial charge in [0.05, 0.1) is 11.7 Å². The molecule has 5 nitrogen and oxygen atoms in total. The lowest BCUT2D eigenvalue weighted by atomic mass is 10.2. The first-order chi connectivity index (χ1) is 13.1. The van der Waals surface area contributed by atoms with Crippen LogP contribution in [0.2, 0.25) is 0 Å². The number of ether oxygens (including phenoxy) is 1. The van der Waals surface area contributed by atoms with Crippen LogP contribution in [0.5, 0.6) is 5.75 Å². The van der Waals surface area contributed by atoms with Gasteiger partial charge >= 0.3 is 0 Å². The van der Waals surface area contributed by atoms with E-state index in [0.717, 1.165) is 16.1 Å². The first-order valence-electron chi connectivity index (χ1n) is 9.03. The number of nitrogens with zero attached hydrogens (tertiary/aromatic N) is 2. The molecule has 6 heteroatoms. The molecule has 2 aliphatic heterocycles. The van der Waals surface area contributed by atoms with E-state index in [1.54, 1.807) is 16.7 Å². The van der Waals surface area contributed by atoms with Crippen molar-refractivity contribution in [3.63, 3.8) is 0 Å². The first kappa shape index (κ1) is 17.9. The molecule has 2 aliphatic rings. The predicted octanol–water partition coefficient (Wildman–Crippen LogP) is 3.11. The van der Waals surface area contributed by atoms with E-state index >= 15 is 0 Å². The molecule has 4 rings (SSSR count). The summed E-state index contributed by atoms with van der Waals surface area (Å²) in [6.45, 7) is 2.53. The van der Waals surface area contributed by atoms with Crippen molar-refractivity contribution in [3.8, 4) is 5.75 Å². The Morgan fingerprint density at radius 2 is 1.93 bits per heavy atom. The molecule has 0 spiro atoms. The number of hydrogen-bond donors (Lipinski definition) is 0. The fourth-order valence-electron chi connectivity index (χ4n) is 3.86. The Labute approximate surface area is 163 Å². The van der Waals surface area contributed by atoms with Crippen LogP contribution in [0.3, 0.4) is 0 Å². The zero-order chi connectivity index (χ0) is 19.0. The number of amides is 2. The Kier molecular flexibility index (Phi) is 4.83. The highest BCUT2D eigenvalue weighted by Crippen LogP contribution is 2.39. The van der Waals surface area contributed by atoms with Crippen LogP contribution in [0.4, 0.5) is 5.69 Å². The lowest BCUT2D eigenvalue weighted by Gasteiger charge is -2.34. The minimum Gasteiger partial charge on any atom is -0.484 e. The van der Waals surface area contributed by atoms with Crippen LogP contribution >= 0.6 is 11.8 Å². The van der Waals surface area contributed by atoms with Crippen molar-refractivity contribution in [1.82, 2.24) is 4.90 Å². The minimum absolute atomic E-state index is 0.0106. The fraction of sp³-hybridized carbons (Fsp3) is 0.333. The predicted molar refractivity (Wildman–Crippen MR) is 106 cm³/mol. The molecular weight excluding hydrogens is 360 g/mol. The summed E-state index contributed by atoms with van der Waals surface area (Å²) >= 11 is 1.63. The van der Waals surface area contributed by atoms with Crippen LogP contribution in [-0.4, -0.2) is 48.2 Å². The third-order valence-electron chi connectivity index (χ3n) is 5.21. The van der Waals surface area contributed by atoms with E-state index in [0.29, 0.717) is 18.7 Å². The second-order valence-electron chi connectivity index (χ2n) is 6.93. The molecule has 2 aromatic carbocycles. The average Bonchev–Trinajstić information content (AvgIpc) is 3.25. The quantitative estimate of drug-likeness (QED) is 0.746. The molecule has 0 N–H and O–H groups in total. The van der Waals surface area contributed by atoms with Gasteiger partial charge in [-0.3, -0.25) is 9.59 Å². The maximum Gasteiger partial charge on any atom is 0.261 e. The fourth-order valence-corrected chi connectivity index (χ4v) is 4.45. The van der Waals surface area contributed by atoms with Crippen LogP contribution in [-0.2, 0) is 9.59 Å². The van der Waals surface area contributed by atoms with Crippen molar-refractivity contribution in [3.05, 3.63) is 54.1 Å². The van der Waals surface area contributed by atoms with Gasteiger partial charge in [0, 0.05) is 11.4 Å². The van der Waals surface area contributed by atoms with E-state index in [4.69, 9.17) is 4.74 Å². The second-order valence-corrected chi connectivity index (χ2v) is 7.78. The van der Waals surface area contributed by atoms with E-state index in [-0.39, 0.29) is 30.5 Å². The van der Waals surface area contributed by atoms with E-state index < -0.39 is 0 Å². The molecule has 2 heterocycles. The third kappa shape index (κ3) is 3.30. The number of piperazine rings is 1. The Bertz CT molecular complexity index is 868. The van der Waals surface area contributed by atoms with Gasteiger partial charge in [0.1, 0.15) is 11.8 Å². The number of rotatable bonds is 5. The number of anilines is 1. The molecule has 0 radical (unpaired) electrons. The number of thioether (sulfide) groups is 1. The number of para-hydroxylation sites is 1. The van der Waals surface area contributed by atoms with Crippen molar-refractivity contribution in [2.75, 3.05) is 24.3 Å². The smallest absolute Gasteiger partial charge is 0.261 e. The Balaban J connectivity index is 1.43. The molecule has 2 bridgehead atoms. The summed E-state index contributed by atoms with van der Waals surface area (Å²) in [7, 11) is 0. The van der Waals surface area contributed by atoms with E-state index in [1.807, 2.05) is 66.6 Å². The number of benzene rings is 2. The van der Waals surface area contributed by atoms with Crippen molar-refractivity contribution in [2.24, 2.45) is 0 Å². The molecule has 140 valence electrons. The highest BCUT2D eigenvalue weighted by Gasteiger charge is 2.52. The number of aryl methyl sites for hydroxylation is 1. The maximum absolute atomic E-state index is 12.9. The SMILES string of the molecule is CSc1ccccc1N1C(=O)[C@@H]2C[C@H]1CN2C(=O)COc1ccc(C)cc1. The largest absolute Gasteiger partial charge is 0.484 e. The third-order valence-corrected chi connectivity index (χ3v) is 6.00. The molecule has 0 aliphatic carbocycles. The number of carbonyl (C=O) groups excluding carboxylic acids is 2. The number of hydrogen-bond acceptors (Lipinski definition) is 4. The van der Waals surface area contributed by atoms with Gasteiger partial charge in [0.25, 0.3) is 5.91 Å². The molecule has 2 atom stereocenters. The molecule has 2 saturated heterocycles. The van der Waals surface area contributed by atoms with E-state index in [9.17, 15) is 9.59 Å². The van der Waals surface area contributed by atoms with Gasteiger partial charge in [0.15, 0.2) is 6.61 Å². The standard InChI is InChI=1S/C21H22N2O3S/c1-14-7-9-16(10-8-14)26-13-20(24)22-12-15-11-18(22)21(25)23(15)17-5-3-4-6-19(17)27-2/h3-10,15,18H,11-13H2,1-2H3/t15-,18-/m0/s1. The van der Waals surface area contributed by atoms with E-state index in [1.165, 1.54) is 0 Å². The van der Waals surface area contributed by atoms with Gasteiger partial charge in [-0.1, -0.05) is 29.8 Å². The Morgan fingerprint density at radius 3 is 2.63 bits per heavy atom. The summed E-state index contributed by atoms with van der Waals surface area (Å²) < 4.78 is 5.61. The van der Waals surface area contributed by atoms with Crippen molar-refractivity contribution in [1.29, 1.82) is 0 Å². The van der Waals surface area contributed by atoms with Gasteiger partial charge in [-0.05, 0) is 43.9 Å². The molecular formula is C21H22N2O3S. The van der Waals surface area contributed by atoms with Crippen LogP contribution in [0.1, 0.15) is 12.0 Å². The summed E-state index contributed by atoms with van der Waals surface area (Å²) in [5.74, 6) is 0.547. The summed E-state index contributed by atoms with van der Waals surface area (Å²) in [4.78, 5) is 30.2. The monoisotopic (exact) mass is 382 g/mol. The van der Waals surface area contributed by atoms with Gasteiger partial charge in [-0.2, -0.15) is 0 Å². The summed E-state index contributed by atoms with van der Waals surface area (Å²) in [6.07, 6.45) is 2.70. The zero-order valence-corrected chi connectivity index (χ0v) is 16.2. The Morgan fingerprint density at radius 1 is 1.19 bits per heavy atom. The lowest BCUT2D eigenvalue weighted by molar-refractivity contribution is -0.139. The van der Waals surface area contributed by atoms with Crippen LogP contribution in [0.15, 0.2) is 53.4 Å². The first-order valence-corrected chi connectivity index (χ1v) is 10.3. The van der Waals surface area contributed by atoms with E-state index in [2.05, 4.69) is 0 Å². The molecule has 2 amide bonds. The van der Waals surface area contributed by atoms with Crippen LogP contribution < -0.4 is 9.64 Å². The molecule has 2 fully saturated rings. The minimum atomic E-state index is -0.376. The number of fused-ring (bicyclic) bond motifs is 2. The average molecular weight is 382 g/mol. The highest BCUT2D eigenvalue weighted by atomic mass is 32.2.